The lowest BCUT2D eigenvalue weighted by molar-refractivity contribution is -0.115. The summed E-state index contributed by atoms with van der Waals surface area (Å²) < 4.78 is 25.7. The maximum absolute atomic E-state index is 12.4. The molecular weight excluding hydrogens is 378 g/mol. The molecule has 2 rings (SSSR count). The predicted molar refractivity (Wildman–Crippen MR) is 96.0 cm³/mol. The number of carbonyl (C=O) groups is 1. The Morgan fingerprint density at radius 1 is 1.17 bits per heavy atom. The maximum Gasteiger partial charge on any atom is 0.242 e. The third-order valence-corrected chi connectivity index (χ3v) is 5.97. The van der Waals surface area contributed by atoms with Crippen LogP contribution < -0.4 is 5.32 Å². The standard InChI is InChI=1S/C17H18BrNO3S/c1-12-5-3-6-14(9-12)11-23(21,22)13(2)17(20)19-16-8-4-7-15(18)10-16/h3-10,13H,11H2,1-2H3,(H,19,20). The molecule has 1 atom stereocenters. The maximum atomic E-state index is 12.4. The van der Waals surface area contributed by atoms with Gasteiger partial charge in [0, 0.05) is 10.2 Å². The molecule has 1 N–H and O–H groups in total. The third kappa shape index (κ3) is 4.91. The topological polar surface area (TPSA) is 63.2 Å². The zero-order valence-corrected chi connectivity index (χ0v) is 15.3. The zero-order chi connectivity index (χ0) is 17.0. The van der Waals surface area contributed by atoms with Crippen molar-refractivity contribution in [3.05, 3.63) is 64.1 Å². The van der Waals surface area contributed by atoms with Crippen LogP contribution in [0.1, 0.15) is 18.1 Å². The van der Waals surface area contributed by atoms with Crippen molar-refractivity contribution >= 4 is 37.4 Å². The van der Waals surface area contributed by atoms with Crippen molar-refractivity contribution in [1.29, 1.82) is 0 Å². The van der Waals surface area contributed by atoms with Gasteiger partial charge in [0.1, 0.15) is 5.25 Å². The van der Waals surface area contributed by atoms with Gasteiger partial charge in [0.15, 0.2) is 9.84 Å². The number of rotatable bonds is 5. The van der Waals surface area contributed by atoms with Gasteiger partial charge >= 0.3 is 0 Å². The fourth-order valence-corrected chi connectivity index (χ4v) is 3.81. The first-order valence-corrected chi connectivity index (χ1v) is 9.62. The Kier molecular flexibility index (Phi) is 5.59. The number of halogens is 1. The van der Waals surface area contributed by atoms with E-state index in [-0.39, 0.29) is 5.75 Å². The van der Waals surface area contributed by atoms with E-state index in [9.17, 15) is 13.2 Å². The first-order valence-electron chi connectivity index (χ1n) is 7.11. The molecule has 0 aliphatic rings. The molecular formula is C17H18BrNO3S. The molecule has 2 aromatic carbocycles. The fraction of sp³-hybridized carbons (Fsp3) is 0.235. The van der Waals surface area contributed by atoms with Gasteiger partial charge in [-0.1, -0.05) is 51.8 Å². The number of amides is 1. The molecule has 6 heteroatoms. The number of benzene rings is 2. The quantitative estimate of drug-likeness (QED) is 0.838. The van der Waals surface area contributed by atoms with Crippen molar-refractivity contribution in [3.8, 4) is 0 Å². The Hall–Kier alpha value is -1.66. The van der Waals surface area contributed by atoms with Crippen molar-refractivity contribution < 1.29 is 13.2 Å². The molecule has 23 heavy (non-hydrogen) atoms. The van der Waals surface area contributed by atoms with Gasteiger partial charge in [-0.05, 0) is 37.6 Å². The molecule has 0 aromatic heterocycles. The van der Waals surface area contributed by atoms with Gasteiger partial charge in [-0.25, -0.2) is 8.42 Å². The Morgan fingerprint density at radius 3 is 2.52 bits per heavy atom. The summed E-state index contributed by atoms with van der Waals surface area (Å²) in [5.74, 6) is -0.683. The van der Waals surface area contributed by atoms with E-state index in [1.807, 2.05) is 31.2 Å². The minimum Gasteiger partial charge on any atom is -0.325 e. The average molecular weight is 396 g/mol. The lowest BCUT2D eigenvalue weighted by Gasteiger charge is -2.14. The summed E-state index contributed by atoms with van der Waals surface area (Å²) in [6.07, 6.45) is 0. The molecule has 1 amide bonds. The highest BCUT2D eigenvalue weighted by atomic mass is 79.9. The highest BCUT2D eigenvalue weighted by Crippen LogP contribution is 2.18. The van der Waals surface area contributed by atoms with E-state index in [2.05, 4.69) is 21.2 Å². The van der Waals surface area contributed by atoms with Gasteiger partial charge in [-0.15, -0.1) is 0 Å². The fourth-order valence-electron chi connectivity index (χ4n) is 2.13. The van der Waals surface area contributed by atoms with E-state index in [0.717, 1.165) is 10.0 Å². The minimum absolute atomic E-state index is 0.151. The van der Waals surface area contributed by atoms with Crippen LogP contribution in [0, 0.1) is 6.92 Å². The van der Waals surface area contributed by atoms with Crippen LogP contribution in [0.3, 0.4) is 0 Å². The lowest BCUT2D eigenvalue weighted by atomic mass is 10.2. The van der Waals surface area contributed by atoms with Crippen LogP contribution in [0.25, 0.3) is 0 Å². The summed E-state index contributed by atoms with van der Waals surface area (Å²) in [7, 11) is -3.58. The molecule has 0 saturated carbocycles. The summed E-state index contributed by atoms with van der Waals surface area (Å²) in [4.78, 5) is 12.2. The van der Waals surface area contributed by atoms with Crippen molar-refractivity contribution in [2.24, 2.45) is 0 Å². The Bertz CT molecular complexity index is 818. The molecule has 4 nitrogen and oxygen atoms in total. The van der Waals surface area contributed by atoms with Gasteiger partial charge in [0.05, 0.1) is 5.75 Å². The van der Waals surface area contributed by atoms with Crippen LogP contribution in [-0.2, 0) is 20.4 Å². The minimum atomic E-state index is -3.58. The van der Waals surface area contributed by atoms with Crippen LogP contribution in [0.2, 0.25) is 0 Å². The molecule has 0 spiro atoms. The molecule has 1 unspecified atom stereocenters. The second-order valence-electron chi connectivity index (χ2n) is 5.44. The number of carbonyl (C=O) groups excluding carboxylic acids is 1. The number of hydrogen-bond acceptors (Lipinski definition) is 3. The van der Waals surface area contributed by atoms with Gasteiger partial charge in [0.2, 0.25) is 5.91 Å². The number of aryl methyl sites for hydroxylation is 1. The summed E-state index contributed by atoms with van der Waals surface area (Å²) in [6.45, 7) is 3.32. The SMILES string of the molecule is Cc1cccc(CS(=O)(=O)C(C)C(=O)Nc2cccc(Br)c2)c1. The summed E-state index contributed by atoms with van der Waals surface area (Å²) in [5.41, 5.74) is 2.23. The van der Waals surface area contributed by atoms with E-state index in [0.29, 0.717) is 11.3 Å². The zero-order valence-electron chi connectivity index (χ0n) is 12.9. The first kappa shape index (κ1) is 17.7. The number of nitrogens with one attached hydrogen (secondary N) is 1. The van der Waals surface area contributed by atoms with Crippen LogP contribution in [-0.4, -0.2) is 19.6 Å². The molecule has 0 aliphatic heterocycles. The highest BCUT2D eigenvalue weighted by molar-refractivity contribution is 9.10. The van der Waals surface area contributed by atoms with Gasteiger partial charge in [-0.2, -0.15) is 0 Å². The van der Waals surface area contributed by atoms with E-state index in [4.69, 9.17) is 0 Å². The first-order chi connectivity index (χ1) is 10.8. The smallest absolute Gasteiger partial charge is 0.242 e. The Labute approximate surface area is 145 Å². The average Bonchev–Trinajstić information content (AvgIpc) is 2.46. The summed E-state index contributed by atoms with van der Waals surface area (Å²) >= 11 is 3.31. The summed E-state index contributed by atoms with van der Waals surface area (Å²) in [5, 5.41) is 1.51. The molecule has 0 saturated heterocycles. The van der Waals surface area contributed by atoms with Gasteiger partial charge in [0.25, 0.3) is 0 Å². The monoisotopic (exact) mass is 395 g/mol. The van der Waals surface area contributed by atoms with Crippen LogP contribution in [0.15, 0.2) is 53.0 Å². The molecule has 0 fully saturated rings. The molecule has 2 aromatic rings. The summed E-state index contributed by atoms with van der Waals surface area (Å²) in [6, 6.07) is 14.3. The van der Waals surface area contributed by atoms with Crippen molar-refractivity contribution in [2.75, 3.05) is 5.32 Å². The van der Waals surface area contributed by atoms with Crippen LogP contribution in [0.4, 0.5) is 5.69 Å². The van der Waals surface area contributed by atoms with E-state index in [1.165, 1.54) is 6.92 Å². The molecule has 0 aliphatic carbocycles. The van der Waals surface area contributed by atoms with Crippen molar-refractivity contribution in [2.45, 2.75) is 24.9 Å². The second kappa shape index (κ2) is 7.27. The molecule has 0 heterocycles. The number of hydrogen-bond donors (Lipinski definition) is 1. The number of anilines is 1. The lowest BCUT2D eigenvalue weighted by Crippen LogP contribution is -2.33. The van der Waals surface area contributed by atoms with Crippen LogP contribution in [0.5, 0.6) is 0 Å². The molecule has 0 radical (unpaired) electrons. The van der Waals surface area contributed by atoms with E-state index in [1.54, 1.807) is 24.3 Å². The largest absolute Gasteiger partial charge is 0.325 e. The van der Waals surface area contributed by atoms with Gasteiger partial charge in [-0.3, -0.25) is 4.79 Å². The molecule has 122 valence electrons. The predicted octanol–water partition coefficient (Wildman–Crippen LogP) is 3.70. The Balaban J connectivity index is 2.11. The van der Waals surface area contributed by atoms with Gasteiger partial charge < -0.3 is 5.32 Å². The third-order valence-electron chi connectivity index (χ3n) is 3.45. The van der Waals surface area contributed by atoms with E-state index < -0.39 is 21.0 Å². The highest BCUT2D eigenvalue weighted by Gasteiger charge is 2.28. The number of sulfone groups is 1. The van der Waals surface area contributed by atoms with Crippen LogP contribution >= 0.6 is 15.9 Å². The normalized spacial score (nSPS) is 12.7. The second-order valence-corrected chi connectivity index (χ2v) is 8.68. The Morgan fingerprint density at radius 2 is 1.87 bits per heavy atom. The molecule has 0 bridgehead atoms. The van der Waals surface area contributed by atoms with Crippen molar-refractivity contribution in [1.82, 2.24) is 0 Å². The van der Waals surface area contributed by atoms with E-state index >= 15 is 0 Å². The van der Waals surface area contributed by atoms with Crippen molar-refractivity contribution in [3.63, 3.8) is 0 Å².